The Hall–Kier alpha value is -2.63. The van der Waals surface area contributed by atoms with Gasteiger partial charge in [0.25, 0.3) is 0 Å². The third kappa shape index (κ3) is 3.44. The molecule has 1 heterocycles. The van der Waals surface area contributed by atoms with Gasteiger partial charge in [0.1, 0.15) is 18.1 Å². The van der Waals surface area contributed by atoms with Gasteiger partial charge in [0.2, 0.25) is 0 Å². The molecule has 1 aromatic heterocycles. The zero-order valence-electron chi connectivity index (χ0n) is 11.3. The first-order valence-electron chi connectivity index (χ1n) is 6.05. The van der Waals surface area contributed by atoms with E-state index in [9.17, 15) is 4.79 Å². The standard InChI is InChI=1S/C14H15N3O3/c1-10-4-3-5-11(6-7-13(18)19)14(10)20-9-12-8-17(2)16-15-12/h3-8H,9H2,1-2H3,(H,18,19)/b7-6+. The highest BCUT2D eigenvalue weighted by Crippen LogP contribution is 2.25. The zero-order chi connectivity index (χ0) is 14.5. The molecule has 0 spiro atoms. The van der Waals surface area contributed by atoms with Gasteiger partial charge in [-0.1, -0.05) is 23.4 Å². The summed E-state index contributed by atoms with van der Waals surface area (Å²) in [5, 5.41) is 16.5. The first kappa shape index (κ1) is 13.8. The third-order valence-corrected chi connectivity index (χ3v) is 2.66. The molecule has 2 rings (SSSR count). The van der Waals surface area contributed by atoms with Crippen molar-refractivity contribution in [3.05, 3.63) is 47.3 Å². The number of hydrogen-bond donors (Lipinski definition) is 1. The van der Waals surface area contributed by atoms with E-state index in [0.29, 0.717) is 11.4 Å². The van der Waals surface area contributed by atoms with Gasteiger partial charge in [0.15, 0.2) is 0 Å². The largest absolute Gasteiger partial charge is 0.486 e. The van der Waals surface area contributed by atoms with Crippen LogP contribution < -0.4 is 4.74 Å². The fourth-order valence-corrected chi connectivity index (χ4v) is 1.77. The molecule has 2 aromatic rings. The Kier molecular flexibility index (Phi) is 4.14. The van der Waals surface area contributed by atoms with Gasteiger partial charge in [-0.05, 0) is 18.6 Å². The molecule has 0 amide bonds. The molecule has 0 radical (unpaired) electrons. The number of aromatic nitrogens is 3. The van der Waals surface area contributed by atoms with E-state index in [1.54, 1.807) is 24.0 Å². The number of carboxylic acids is 1. The number of carbonyl (C=O) groups is 1. The van der Waals surface area contributed by atoms with Crippen molar-refractivity contribution in [3.63, 3.8) is 0 Å². The molecule has 1 N–H and O–H groups in total. The van der Waals surface area contributed by atoms with Crippen molar-refractivity contribution in [2.75, 3.05) is 0 Å². The number of rotatable bonds is 5. The number of aliphatic carboxylic acids is 1. The Bertz CT molecular complexity index is 647. The van der Waals surface area contributed by atoms with Crippen LogP contribution in [0.5, 0.6) is 5.75 Å². The fourth-order valence-electron chi connectivity index (χ4n) is 1.77. The summed E-state index contributed by atoms with van der Waals surface area (Å²) in [5.41, 5.74) is 2.36. The number of ether oxygens (including phenoxy) is 1. The first-order valence-corrected chi connectivity index (χ1v) is 6.05. The molecule has 6 nitrogen and oxygen atoms in total. The van der Waals surface area contributed by atoms with Crippen LogP contribution in [-0.4, -0.2) is 26.1 Å². The van der Waals surface area contributed by atoms with E-state index in [2.05, 4.69) is 10.3 Å². The molecule has 6 heteroatoms. The molecule has 20 heavy (non-hydrogen) atoms. The van der Waals surface area contributed by atoms with E-state index < -0.39 is 5.97 Å². The van der Waals surface area contributed by atoms with Gasteiger partial charge < -0.3 is 9.84 Å². The minimum atomic E-state index is -0.994. The Morgan fingerprint density at radius 1 is 1.50 bits per heavy atom. The van der Waals surface area contributed by atoms with Gasteiger partial charge in [-0.3, -0.25) is 4.68 Å². The Balaban J connectivity index is 2.19. The van der Waals surface area contributed by atoms with Crippen molar-refractivity contribution in [1.29, 1.82) is 0 Å². The molecule has 1 aromatic carbocycles. The molecule has 0 bridgehead atoms. The van der Waals surface area contributed by atoms with E-state index >= 15 is 0 Å². The first-order chi connectivity index (χ1) is 9.56. The lowest BCUT2D eigenvalue weighted by Crippen LogP contribution is -1.99. The second-order valence-corrected chi connectivity index (χ2v) is 4.34. The van der Waals surface area contributed by atoms with Crippen molar-refractivity contribution in [2.45, 2.75) is 13.5 Å². The highest BCUT2D eigenvalue weighted by atomic mass is 16.5. The molecule has 104 valence electrons. The number of hydrogen-bond acceptors (Lipinski definition) is 4. The van der Waals surface area contributed by atoms with Gasteiger partial charge in [-0.25, -0.2) is 4.79 Å². The topological polar surface area (TPSA) is 77.2 Å². The quantitative estimate of drug-likeness (QED) is 0.840. The molecule has 0 saturated carbocycles. The summed E-state index contributed by atoms with van der Waals surface area (Å²) in [7, 11) is 1.78. The van der Waals surface area contributed by atoms with Crippen LogP contribution in [-0.2, 0) is 18.4 Å². The maximum absolute atomic E-state index is 10.6. The monoisotopic (exact) mass is 273 g/mol. The minimum Gasteiger partial charge on any atom is -0.486 e. The number of para-hydroxylation sites is 1. The minimum absolute atomic E-state index is 0.284. The molecule has 0 aliphatic carbocycles. The van der Waals surface area contributed by atoms with Crippen molar-refractivity contribution in [3.8, 4) is 5.75 Å². The molecular weight excluding hydrogens is 258 g/mol. The average molecular weight is 273 g/mol. The molecule has 0 fully saturated rings. The Morgan fingerprint density at radius 3 is 2.95 bits per heavy atom. The summed E-state index contributed by atoms with van der Waals surface area (Å²) in [6.45, 7) is 2.19. The highest BCUT2D eigenvalue weighted by molar-refractivity contribution is 5.86. The average Bonchev–Trinajstić information content (AvgIpc) is 2.81. The third-order valence-electron chi connectivity index (χ3n) is 2.66. The van der Waals surface area contributed by atoms with E-state index in [1.165, 1.54) is 6.08 Å². The smallest absolute Gasteiger partial charge is 0.328 e. The number of benzene rings is 1. The van der Waals surface area contributed by atoms with Crippen molar-refractivity contribution in [2.24, 2.45) is 7.05 Å². The lowest BCUT2D eigenvalue weighted by molar-refractivity contribution is -0.131. The summed E-state index contributed by atoms with van der Waals surface area (Å²) in [4.78, 5) is 10.6. The normalized spacial score (nSPS) is 10.9. The number of aryl methyl sites for hydroxylation is 2. The van der Waals surface area contributed by atoms with Crippen LogP contribution in [0.3, 0.4) is 0 Å². The van der Waals surface area contributed by atoms with Gasteiger partial charge in [0.05, 0.1) is 6.20 Å². The van der Waals surface area contributed by atoms with Crippen LogP contribution in [0, 0.1) is 6.92 Å². The second kappa shape index (κ2) is 6.01. The van der Waals surface area contributed by atoms with Gasteiger partial charge in [-0.2, -0.15) is 0 Å². The number of nitrogens with zero attached hydrogens (tertiary/aromatic N) is 3. The summed E-state index contributed by atoms with van der Waals surface area (Å²) in [5.74, 6) is -0.345. The summed E-state index contributed by atoms with van der Waals surface area (Å²) in [6.07, 6.45) is 4.37. The molecule has 0 atom stereocenters. The molecule has 0 aliphatic rings. The van der Waals surface area contributed by atoms with Crippen molar-refractivity contribution >= 4 is 12.0 Å². The van der Waals surface area contributed by atoms with Gasteiger partial charge in [-0.15, -0.1) is 5.10 Å². The van der Waals surface area contributed by atoms with Crippen LogP contribution in [0.15, 0.2) is 30.5 Å². The van der Waals surface area contributed by atoms with Crippen molar-refractivity contribution in [1.82, 2.24) is 15.0 Å². The number of carboxylic acid groups (broad SMARTS) is 1. The summed E-state index contributed by atoms with van der Waals surface area (Å²) >= 11 is 0. The predicted octanol–water partition coefficient (Wildman–Crippen LogP) is 1.80. The van der Waals surface area contributed by atoms with Crippen LogP contribution in [0.2, 0.25) is 0 Å². The van der Waals surface area contributed by atoms with Gasteiger partial charge in [0, 0.05) is 18.7 Å². The lowest BCUT2D eigenvalue weighted by Gasteiger charge is -2.10. The van der Waals surface area contributed by atoms with Crippen LogP contribution in [0.4, 0.5) is 0 Å². The van der Waals surface area contributed by atoms with E-state index in [1.807, 2.05) is 19.1 Å². The molecular formula is C14H15N3O3. The molecule has 0 saturated heterocycles. The van der Waals surface area contributed by atoms with Crippen molar-refractivity contribution < 1.29 is 14.6 Å². The molecule has 0 aliphatic heterocycles. The lowest BCUT2D eigenvalue weighted by atomic mass is 10.1. The highest BCUT2D eigenvalue weighted by Gasteiger charge is 2.07. The predicted molar refractivity (Wildman–Crippen MR) is 73.2 cm³/mol. The van der Waals surface area contributed by atoms with Crippen LogP contribution in [0.25, 0.3) is 6.08 Å². The van der Waals surface area contributed by atoms with Crippen LogP contribution in [0.1, 0.15) is 16.8 Å². The van der Waals surface area contributed by atoms with E-state index in [4.69, 9.17) is 9.84 Å². The fraction of sp³-hybridized carbons (Fsp3) is 0.214. The maximum atomic E-state index is 10.6. The van der Waals surface area contributed by atoms with E-state index in [-0.39, 0.29) is 6.61 Å². The zero-order valence-corrected chi connectivity index (χ0v) is 11.3. The Morgan fingerprint density at radius 2 is 2.30 bits per heavy atom. The van der Waals surface area contributed by atoms with Crippen LogP contribution >= 0.6 is 0 Å². The van der Waals surface area contributed by atoms with Gasteiger partial charge >= 0.3 is 5.97 Å². The summed E-state index contributed by atoms with van der Waals surface area (Å²) in [6, 6.07) is 5.56. The van der Waals surface area contributed by atoms with E-state index in [0.717, 1.165) is 17.2 Å². The Labute approximate surface area is 116 Å². The summed E-state index contributed by atoms with van der Waals surface area (Å²) < 4.78 is 7.34. The second-order valence-electron chi connectivity index (χ2n) is 4.34. The molecule has 0 unspecified atom stereocenters. The maximum Gasteiger partial charge on any atom is 0.328 e. The SMILES string of the molecule is Cc1cccc(/C=C/C(=O)O)c1OCc1cn(C)nn1.